The second kappa shape index (κ2) is 7.59. The minimum atomic E-state index is 0.0160. The molecule has 2 aromatic heterocycles. The molecule has 0 aliphatic carbocycles. The minimum Gasteiger partial charge on any atom is -0.467 e. The molecule has 1 aliphatic rings. The molecule has 0 spiro atoms. The second-order valence-corrected chi connectivity index (χ2v) is 6.16. The normalized spacial score (nSPS) is 18.4. The number of aryl methyl sites for hydroxylation is 1. The van der Waals surface area contributed by atoms with Gasteiger partial charge in [-0.1, -0.05) is 0 Å². The Kier molecular flexibility index (Phi) is 5.27. The lowest BCUT2D eigenvalue weighted by atomic mass is 10.2. The third-order valence-electron chi connectivity index (χ3n) is 4.23. The first-order chi connectivity index (χ1) is 11.6. The molecule has 0 saturated carbocycles. The minimum absolute atomic E-state index is 0.0160. The number of nitrogens with one attached hydrogen (secondary N) is 1. The van der Waals surface area contributed by atoms with Crippen LogP contribution in [0.5, 0.6) is 0 Å². The van der Waals surface area contributed by atoms with Crippen molar-refractivity contribution in [3.8, 4) is 0 Å². The summed E-state index contributed by atoms with van der Waals surface area (Å²) in [6, 6.07) is 4.04. The van der Waals surface area contributed by atoms with E-state index in [1.807, 2.05) is 19.2 Å². The molecular formula is C16H23N5O3. The van der Waals surface area contributed by atoms with Crippen LogP contribution < -0.4 is 5.32 Å². The maximum Gasteiger partial charge on any atom is 0.234 e. The Bertz CT molecular complexity index is 654. The Hall–Kier alpha value is -2.19. The number of rotatable bonds is 7. The molecule has 8 nitrogen and oxygen atoms in total. The molecule has 1 aliphatic heterocycles. The number of likely N-dealkylation sites (N-methyl/N-ethyl adjacent to an activating group) is 1. The average Bonchev–Trinajstić information content (AvgIpc) is 3.27. The van der Waals surface area contributed by atoms with Crippen molar-refractivity contribution in [1.82, 2.24) is 25.3 Å². The number of furan rings is 1. The van der Waals surface area contributed by atoms with E-state index < -0.39 is 0 Å². The predicted octanol–water partition coefficient (Wildman–Crippen LogP) is 0.794. The highest BCUT2D eigenvalue weighted by molar-refractivity contribution is 5.77. The quantitative estimate of drug-likeness (QED) is 0.801. The summed E-state index contributed by atoms with van der Waals surface area (Å²) in [5.41, 5.74) is 0. The second-order valence-electron chi connectivity index (χ2n) is 6.16. The summed E-state index contributed by atoms with van der Waals surface area (Å²) in [7, 11) is 2.05. The van der Waals surface area contributed by atoms with E-state index in [1.54, 1.807) is 13.2 Å². The van der Waals surface area contributed by atoms with Crippen molar-refractivity contribution in [1.29, 1.82) is 0 Å². The van der Waals surface area contributed by atoms with Gasteiger partial charge in [0, 0.05) is 26.1 Å². The molecular weight excluding hydrogens is 310 g/mol. The van der Waals surface area contributed by atoms with E-state index >= 15 is 0 Å². The van der Waals surface area contributed by atoms with Crippen molar-refractivity contribution in [3.05, 3.63) is 35.9 Å². The summed E-state index contributed by atoms with van der Waals surface area (Å²) in [6.45, 7) is 5.02. The van der Waals surface area contributed by atoms with Gasteiger partial charge in [-0.2, -0.15) is 0 Å². The maximum atomic E-state index is 12.0. The van der Waals surface area contributed by atoms with Crippen LogP contribution in [0.2, 0.25) is 0 Å². The van der Waals surface area contributed by atoms with E-state index in [0.29, 0.717) is 37.5 Å². The van der Waals surface area contributed by atoms with Crippen molar-refractivity contribution in [2.24, 2.45) is 0 Å². The van der Waals surface area contributed by atoms with Crippen LogP contribution in [0.4, 0.5) is 0 Å². The van der Waals surface area contributed by atoms with Crippen LogP contribution in [-0.4, -0.2) is 58.6 Å². The zero-order chi connectivity index (χ0) is 16.9. The van der Waals surface area contributed by atoms with E-state index in [2.05, 4.69) is 25.3 Å². The summed E-state index contributed by atoms with van der Waals surface area (Å²) >= 11 is 0. The molecule has 130 valence electrons. The molecule has 1 saturated heterocycles. The number of hydrogen-bond acceptors (Lipinski definition) is 7. The van der Waals surface area contributed by atoms with E-state index in [1.165, 1.54) is 0 Å². The van der Waals surface area contributed by atoms with Crippen molar-refractivity contribution in [2.75, 3.05) is 26.7 Å². The van der Waals surface area contributed by atoms with Crippen molar-refractivity contribution in [2.45, 2.75) is 32.5 Å². The van der Waals surface area contributed by atoms with Crippen LogP contribution in [0.1, 0.15) is 24.0 Å². The van der Waals surface area contributed by atoms with Crippen LogP contribution >= 0.6 is 0 Å². The molecule has 0 radical (unpaired) electrons. The lowest BCUT2D eigenvalue weighted by molar-refractivity contribution is -0.122. The fraction of sp³-hybridized carbons (Fsp3) is 0.562. The fourth-order valence-corrected chi connectivity index (χ4v) is 2.92. The van der Waals surface area contributed by atoms with Gasteiger partial charge in [-0.25, -0.2) is 0 Å². The predicted molar refractivity (Wildman–Crippen MR) is 85.9 cm³/mol. The third-order valence-corrected chi connectivity index (χ3v) is 4.23. The summed E-state index contributed by atoms with van der Waals surface area (Å²) in [5.74, 6) is 1.99. The Morgan fingerprint density at radius 3 is 3.08 bits per heavy atom. The van der Waals surface area contributed by atoms with Gasteiger partial charge in [-0.3, -0.25) is 14.6 Å². The summed E-state index contributed by atoms with van der Waals surface area (Å²) in [4.78, 5) is 16.4. The number of carbonyl (C=O) groups is 1. The Labute approximate surface area is 140 Å². The monoisotopic (exact) mass is 333 g/mol. The SMILES string of the molecule is Cc1nnc(CN(C)[C@H]2CCN(CC(=O)NCc3ccco3)C2)o1. The van der Waals surface area contributed by atoms with Crippen LogP contribution in [0.25, 0.3) is 0 Å². The largest absolute Gasteiger partial charge is 0.467 e. The molecule has 1 N–H and O–H groups in total. The highest BCUT2D eigenvalue weighted by Gasteiger charge is 2.27. The molecule has 0 bridgehead atoms. The lowest BCUT2D eigenvalue weighted by Gasteiger charge is -2.23. The van der Waals surface area contributed by atoms with Gasteiger partial charge in [0.05, 0.1) is 25.9 Å². The first-order valence-electron chi connectivity index (χ1n) is 8.11. The number of likely N-dealkylation sites (tertiary alicyclic amines) is 1. The zero-order valence-electron chi connectivity index (χ0n) is 14.1. The molecule has 2 aromatic rings. The maximum absolute atomic E-state index is 12.0. The number of aromatic nitrogens is 2. The number of hydrogen-bond donors (Lipinski definition) is 1. The number of amides is 1. The van der Waals surface area contributed by atoms with Gasteiger partial charge >= 0.3 is 0 Å². The highest BCUT2D eigenvalue weighted by atomic mass is 16.4. The molecule has 0 unspecified atom stereocenters. The van der Waals surface area contributed by atoms with Gasteiger partial charge in [0.2, 0.25) is 17.7 Å². The van der Waals surface area contributed by atoms with Crippen LogP contribution in [0, 0.1) is 6.92 Å². The van der Waals surface area contributed by atoms with Gasteiger partial charge in [0.1, 0.15) is 5.76 Å². The Morgan fingerprint density at radius 1 is 1.50 bits per heavy atom. The third kappa shape index (κ3) is 4.42. The first-order valence-corrected chi connectivity index (χ1v) is 8.11. The molecule has 3 rings (SSSR count). The van der Waals surface area contributed by atoms with E-state index in [0.717, 1.165) is 25.3 Å². The standard InChI is InChI=1S/C16H23N5O3/c1-12-18-19-16(24-12)11-20(2)13-5-6-21(9-13)10-15(22)17-8-14-4-3-7-23-14/h3-4,7,13H,5-6,8-11H2,1-2H3,(H,17,22)/t13-/m0/s1. The van der Waals surface area contributed by atoms with Crippen molar-refractivity contribution in [3.63, 3.8) is 0 Å². The van der Waals surface area contributed by atoms with Gasteiger partial charge in [0.25, 0.3) is 0 Å². The molecule has 1 atom stereocenters. The van der Waals surface area contributed by atoms with Crippen molar-refractivity contribution >= 4 is 5.91 Å². The molecule has 1 amide bonds. The van der Waals surface area contributed by atoms with Gasteiger partial charge < -0.3 is 14.2 Å². The lowest BCUT2D eigenvalue weighted by Crippen LogP contribution is -2.38. The topological polar surface area (TPSA) is 87.6 Å². The van der Waals surface area contributed by atoms with Gasteiger partial charge in [-0.05, 0) is 25.6 Å². The van der Waals surface area contributed by atoms with E-state index in [-0.39, 0.29) is 5.91 Å². The zero-order valence-corrected chi connectivity index (χ0v) is 14.1. The summed E-state index contributed by atoms with van der Waals surface area (Å²) < 4.78 is 10.6. The highest BCUT2D eigenvalue weighted by Crippen LogP contribution is 2.16. The smallest absolute Gasteiger partial charge is 0.234 e. The first kappa shape index (κ1) is 16.7. The Morgan fingerprint density at radius 2 is 2.38 bits per heavy atom. The Balaban J connectivity index is 1.40. The van der Waals surface area contributed by atoms with Crippen molar-refractivity contribution < 1.29 is 13.6 Å². The molecule has 3 heterocycles. The molecule has 0 aromatic carbocycles. The summed E-state index contributed by atoms with van der Waals surface area (Å²) in [5, 5.41) is 10.8. The fourth-order valence-electron chi connectivity index (χ4n) is 2.92. The van der Waals surface area contributed by atoms with E-state index in [4.69, 9.17) is 8.83 Å². The van der Waals surface area contributed by atoms with E-state index in [9.17, 15) is 4.79 Å². The van der Waals surface area contributed by atoms with Crippen LogP contribution in [0.3, 0.4) is 0 Å². The number of nitrogens with zero attached hydrogens (tertiary/aromatic N) is 4. The van der Waals surface area contributed by atoms with Crippen LogP contribution in [-0.2, 0) is 17.9 Å². The van der Waals surface area contributed by atoms with Gasteiger partial charge in [0.15, 0.2) is 0 Å². The summed E-state index contributed by atoms with van der Waals surface area (Å²) in [6.07, 6.45) is 2.63. The molecule has 24 heavy (non-hydrogen) atoms. The number of carbonyl (C=O) groups excluding carboxylic acids is 1. The van der Waals surface area contributed by atoms with Gasteiger partial charge in [-0.15, -0.1) is 10.2 Å². The molecule has 8 heteroatoms. The average molecular weight is 333 g/mol. The van der Waals surface area contributed by atoms with Crippen LogP contribution in [0.15, 0.2) is 27.2 Å². The molecule has 1 fully saturated rings.